The second-order valence-corrected chi connectivity index (χ2v) is 11.2. The maximum absolute atomic E-state index is 13.2. The predicted octanol–water partition coefficient (Wildman–Crippen LogP) is 5.58. The molecule has 0 aliphatic rings. The molecular formula is C31H32Cl2IN3O7. The molecule has 10 nitrogen and oxygen atoms in total. The first-order valence-electron chi connectivity index (χ1n) is 13.6. The molecule has 0 aromatic heterocycles. The van der Waals surface area contributed by atoms with Gasteiger partial charge in [0.25, 0.3) is 11.8 Å². The third-order valence-corrected chi connectivity index (χ3v) is 7.17. The molecule has 0 aliphatic heterocycles. The van der Waals surface area contributed by atoms with E-state index in [1.54, 1.807) is 38.1 Å². The van der Waals surface area contributed by atoms with Crippen LogP contribution in [0.2, 0.25) is 10.0 Å². The zero-order valence-corrected chi connectivity index (χ0v) is 27.9. The molecule has 0 saturated heterocycles. The quantitative estimate of drug-likeness (QED) is 0.0899. The van der Waals surface area contributed by atoms with Gasteiger partial charge in [0.15, 0.2) is 24.2 Å². The number of hydrogen-bond donors (Lipinski definition) is 2. The smallest absolute Gasteiger partial charge is 0.344 e. The van der Waals surface area contributed by atoms with Crippen LogP contribution in [0.3, 0.4) is 0 Å². The summed E-state index contributed by atoms with van der Waals surface area (Å²) in [5.74, 6) is -0.476. The molecule has 2 amide bonds. The minimum atomic E-state index is -0.966. The van der Waals surface area contributed by atoms with Gasteiger partial charge in [-0.25, -0.2) is 10.2 Å². The third kappa shape index (κ3) is 10.9. The third-order valence-electron chi connectivity index (χ3n) is 5.84. The van der Waals surface area contributed by atoms with E-state index in [-0.39, 0.29) is 30.4 Å². The largest absolute Gasteiger partial charge is 0.490 e. The zero-order chi connectivity index (χ0) is 32.1. The van der Waals surface area contributed by atoms with Crippen LogP contribution in [0.1, 0.15) is 31.9 Å². The van der Waals surface area contributed by atoms with Crippen LogP contribution in [0.4, 0.5) is 0 Å². The Bertz CT molecular complexity index is 1470. The Morgan fingerprint density at radius 1 is 0.955 bits per heavy atom. The maximum Gasteiger partial charge on any atom is 0.344 e. The van der Waals surface area contributed by atoms with Crippen LogP contribution in [0.25, 0.3) is 0 Å². The Balaban J connectivity index is 1.72. The molecule has 13 heteroatoms. The number of nitrogens with one attached hydrogen (secondary N) is 2. The lowest BCUT2D eigenvalue weighted by Crippen LogP contribution is -2.50. The van der Waals surface area contributed by atoms with Crippen molar-refractivity contribution in [2.24, 2.45) is 5.10 Å². The zero-order valence-electron chi connectivity index (χ0n) is 24.3. The number of esters is 1. The fourth-order valence-corrected chi connectivity index (χ4v) is 5.04. The van der Waals surface area contributed by atoms with Crippen LogP contribution in [-0.2, 0) is 25.5 Å². The van der Waals surface area contributed by atoms with E-state index in [9.17, 15) is 14.4 Å². The van der Waals surface area contributed by atoms with Gasteiger partial charge in [-0.1, -0.05) is 53.5 Å². The first-order chi connectivity index (χ1) is 21.1. The second-order valence-electron chi connectivity index (χ2n) is 9.18. The van der Waals surface area contributed by atoms with Crippen molar-refractivity contribution in [3.05, 3.63) is 85.4 Å². The van der Waals surface area contributed by atoms with Crippen LogP contribution in [0.15, 0.2) is 65.8 Å². The van der Waals surface area contributed by atoms with Crippen LogP contribution < -0.4 is 25.0 Å². The number of hydrazone groups is 1. The molecule has 0 unspecified atom stereocenters. The number of rotatable bonds is 15. The van der Waals surface area contributed by atoms with Crippen LogP contribution in [-0.4, -0.2) is 56.0 Å². The van der Waals surface area contributed by atoms with Gasteiger partial charge in [0.2, 0.25) is 0 Å². The number of amides is 2. The van der Waals surface area contributed by atoms with Crippen LogP contribution in [0.5, 0.6) is 17.2 Å². The second kappa shape index (κ2) is 17.7. The van der Waals surface area contributed by atoms with Crippen molar-refractivity contribution in [2.75, 3.05) is 19.8 Å². The molecule has 0 spiro atoms. The predicted molar refractivity (Wildman–Crippen MR) is 177 cm³/mol. The monoisotopic (exact) mass is 755 g/mol. The number of carbonyl (C=O) groups excluding carboxylic acids is 3. The van der Waals surface area contributed by atoms with Crippen LogP contribution in [0, 0.1) is 3.57 Å². The highest BCUT2D eigenvalue weighted by atomic mass is 127. The van der Waals surface area contributed by atoms with Gasteiger partial charge < -0.3 is 24.3 Å². The van der Waals surface area contributed by atoms with Gasteiger partial charge in [-0.3, -0.25) is 9.59 Å². The molecule has 0 radical (unpaired) electrons. The Hall–Kier alpha value is -3.55. The number of benzene rings is 3. The lowest BCUT2D eigenvalue weighted by Gasteiger charge is -2.21. The summed E-state index contributed by atoms with van der Waals surface area (Å²) in [5.41, 5.74) is 3.94. The summed E-state index contributed by atoms with van der Waals surface area (Å²) >= 11 is 14.2. The SMILES string of the molecule is CCOC(=O)COc1c(I)cc(/C=N\NC(=O)[C@H](Cc2ccccc2)NC(=O)[C@H](C)Oc2ccc(Cl)cc2Cl)cc1OCC. The molecule has 234 valence electrons. The lowest BCUT2D eigenvalue weighted by molar-refractivity contribution is -0.145. The van der Waals surface area contributed by atoms with E-state index in [2.05, 4.69) is 38.4 Å². The summed E-state index contributed by atoms with van der Waals surface area (Å²) in [6.07, 6.45) is 0.682. The van der Waals surface area contributed by atoms with E-state index < -0.39 is 29.9 Å². The lowest BCUT2D eigenvalue weighted by atomic mass is 10.1. The van der Waals surface area contributed by atoms with Crippen molar-refractivity contribution in [2.45, 2.75) is 39.3 Å². The Kier molecular flexibility index (Phi) is 14.0. The Morgan fingerprint density at radius 2 is 1.70 bits per heavy atom. The summed E-state index contributed by atoms with van der Waals surface area (Å²) < 4.78 is 22.6. The van der Waals surface area contributed by atoms with Gasteiger partial charge in [-0.15, -0.1) is 0 Å². The average Bonchev–Trinajstić information content (AvgIpc) is 2.98. The molecule has 3 rings (SSSR count). The highest BCUT2D eigenvalue weighted by molar-refractivity contribution is 14.1. The minimum absolute atomic E-state index is 0.210. The van der Waals surface area contributed by atoms with Crippen molar-refractivity contribution in [3.8, 4) is 17.2 Å². The molecule has 0 aliphatic carbocycles. The first-order valence-corrected chi connectivity index (χ1v) is 15.5. The molecule has 3 aromatic carbocycles. The van der Waals surface area contributed by atoms with Crippen LogP contribution >= 0.6 is 45.8 Å². The van der Waals surface area contributed by atoms with E-state index in [0.717, 1.165) is 5.56 Å². The van der Waals surface area contributed by atoms with Crippen molar-refractivity contribution < 1.29 is 33.3 Å². The number of ether oxygens (including phenoxy) is 4. The van der Waals surface area contributed by atoms with E-state index in [1.165, 1.54) is 12.3 Å². The topological polar surface area (TPSA) is 125 Å². The van der Waals surface area contributed by atoms with Crippen molar-refractivity contribution in [3.63, 3.8) is 0 Å². The Morgan fingerprint density at radius 3 is 2.39 bits per heavy atom. The molecular weight excluding hydrogens is 724 g/mol. The normalized spacial score (nSPS) is 12.2. The summed E-state index contributed by atoms with van der Waals surface area (Å²) in [7, 11) is 0. The summed E-state index contributed by atoms with van der Waals surface area (Å²) in [6.45, 7) is 5.42. The molecule has 0 fully saturated rings. The van der Waals surface area contributed by atoms with E-state index in [1.807, 2.05) is 37.3 Å². The van der Waals surface area contributed by atoms with Crippen molar-refractivity contribution in [1.82, 2.24) is 10.7 Å². The molecule has 44 heavy (non-hydrogen) atoms. The van der Waals surface area contributed by atoms with E-state index in [4.69, 9.17) is 42.1 Å². The highest BCUT2D eigenvalue weighted by Gasteiger charge is 2.25. The van der Waals surface area contributed by atoms with Gasteiger partial charge in [0.1, 0.15) is 11.8 Å². The number of nitrogens with zero attached hydrogens (tertiary/aromatic N) is 1. The average molecular weight is 756 g/mol. The van der Waals surface area contributed by atoms with Crippen molar-refractivity contribution >= 4 is 69.8 Å². The summed E-state index contributed by atoms with van der Waals surface area (Å²) in [5, 5.41) is 7.54. The standard InChI is InChI=1S/C31H32Cl2IN3O7/c1-4-41-27-15-21(13-24(34)29(27)43-18-28(38)42-5-2)17-35-37-31(40)25(14-20-9-7-6-8-10-20)36-30(39)19(3)44-26-12-11-22(32)16-23(26)33/h6-13,15-17,19,25H,4-5,14,18H2,1-3H3,(H,36,39)(H,37,40)/b35-17-/t19-,25-/m0/s1. The van der Waals surface area contributed by atoms with Gasteiger partial charge in [-0.2, -0.15) is 5.10 Å². The molecule has 0 saturated carbocycles. The van der Waals surface area contributed by atoms with Gasteiger partial charge in [-0.05, 0) is 84.8 Å². The van der Waals surface area contributed by atoms with Crippen molar-refractivity contribution in [1.29, 1.82) is 0 Å². The number of hydrogen-bond acceptors (Lipinski definition) is 8. The number of carbonyl (C=O) groups is 3. The van der Waals surface area contributed by atoms with E-state index >= 15 is 0 Å². The van der Waals surface area contributed by atoms with Gasteiger partial charge in [0.05, 0.1) is 28.0 Å². The molecule has 2 N–H and O–H groups in total. The first kappa shape index (κ1) is 34.9. The molecule has 0 heterocycles. The van der Waals surface area contributed by atoms with E-state index in [0.29, 0.717) is 32.3 Å². The fourth-order valence-electron chi connectivity index (χ4n) is 3.81. The number of halogens is 3. The summed E-state index contributed by atoms with van der Waals surface area (Å²) in [6, 6.07) is 16.4. The maximum atomic E-state index is 13.2. The van der Waals surface area contributed by atoms with Gasteiger partial charge in [0, 0.05) is 11.4 Å². The minimum Gasteiger partial charge on any atom is -0.490 e. The summed E-state index contributed by atoms with van der Waals surface area (Å²) in [4.78, 5) is 38.0. The molecule has 2 atom stereocenters. The Labute approximate surface area is 279 Å². The highest BCUT2D eigenvalue weighted by Crippen LogP contribution is 2.34. The molecule has 0 bridgehead atoms. The molecule has 3 aromatic rings. The fraction of sp³-hybridized carbons (Fsp3) is 0.290. The van der Waals surface area contributed by atoms with Gasteiger partial charge >= 0.3 is 5.97 Å².